The molecule has 0 aliphatic carbocycles. The molecule has 2 N–H and O–H groups in total. The molecule has 4 aromatic rings. The Morgan fingerprint density at radius 3 is 2.02 bits per heavy atom. The van der Waals surface area contributed by atoms with E-state index in [0.717, 1.165) is 11.1 Å². The van der Waals surface area contributed by atoms with Gasteiger partial charge in [-0.15, -0.1) is 0 Å². The summed E-state index contributed by atoms with van der Waals surface area (Å²) in [5.74, 6) is -0.222. The summed E-state index contributed by atoms with van der Waals surface area (Å²) >= 11 is 0. The average Bonchev–Trinajstić information content (AvgIpc) is 3.35. The summed E-state index contributed by atoms with van der Waals surface area (Å²) in [6, 6.07) is 12.2. The molecule has 4 rings (SSSR count). The normalized spacial score (nSPS) is 10.8. The molecule has 15 nitrogen and oxygen atoms in total. The molecule has 2 heterocycles. The van der Waals surface area contributed by atoms with Gasteiger partial charge in [-0.1, -0.05) is 24.3 Å². The first kappa shape index (κ1) is 27.8. The highest BCUT2D eigenvalue weighted by molar-refractivity contribution is 5.81. The second-order valence-corrected chi connectivity index (χ2v) is 8.47. The first-order valence-electron chi connectivity index (χ1n) is 12.2. The molecule has 0 unspecified atom stereocenters. The maximum Gasteiger partial charge on any atom is 0.321 e. The molecule has 0 aliphatic heterocycles. The van der Waals surface area contributed by atoms with E-state index < -0.39 is 9.85 Å². The molecule has 0 radical (unpaired) electrons. The first-order chi connectivity index (χ1) is 19.3. The lowest BCUT2D eigenvalue weighted by atomic mass is 10.1. The molecule has 0 fully saturated rings. The fourth-order valence-electron chi connectivity index (χ4n) is 3.68. The zero-order chi connectivity index (χ0) is 28.5. The summed E-state index contributed by atoms with van der Waals surface area (Å²) in [5, 5.41) is 33.2. The van der Waals surface area contributed by atoms with Gasteiger partial charge in [0, 0.05) is 43.7 Å². The third kappa shape index (κ3) is 7.22. The quantitative estimate of drug-likeness (QED) is 0.172. The summed E-state index contributed by atoms with van der Waals surface area (Å²) < 4.78 is 13.1. The molecule has 2 aromatic carbocycles. The minimum atomic E-state index is -0.472. The van der Waals surface area contributed by atoms with E-state index in [2.05, 4.69) is 20.3 Å². The van der Waals surface area contributed by atoms with Crippen molar-refractivity contribution in [1.29, 1.82) is 0 Å². The maximum atomic E-state index is 12.2. The zero-order valence-corrected chi connectivity index (χ0v) is 21.1. The van der Waals surface area contributed by atoms with Crippen LogP contribution in [-0.2, 0) is 24.2 Å². The summed E-state index contributed by atoms with van der Waals surface area (Å²) in [4.78, 5) is 46.0. The molecule has 0 saturated heterocycles. The summed E-state index contributed by atoms with van der Waals surface area (Å²) in [6.45, 7) is 0.136. The van der Waals surface area contributed by atoms with Gasteiger partial charge in [0.25, 0.3) is 11.4 Å². The number of nitrogens with zero attached hydrogens (tertiary/aromatic N) is 6. The van der Waals surface area contributed by atoms with E-state index in [4.69, 9.17) is 14.6 Å². The number of nitro groups is 2. The fourth-order valence-corrected chi connectivity index (χ4v) is 3.68. The number of aliphatic hydroxyl groups is 1. The van der Waals surface area contributed by atoms with E-state index in [0.29, 0.717) is 24.0 Å². The third-order valence-electron chi connectivity index (χ3n) is 5.71. The largest absolute Gasteiger partial charge is 0.476 e. The highest BCUT2D eigenvalue weighted by Crippen LogP contribution is 2.24. The lowest BCUT2D eigenvalue weighted by molar-refractivity contribution is -0.385. The van der Waals surface area contributed by atoms with Crippen LogP contribution in [0.25, 0.3) is 11.2 Å². The van der Waals surface area contributed by atoms with Gasteiger partial charge in [0.1, 0.15) is 6.54 Å². The molecule has 1 amide bonds. The summed E-state index contributed by atoms with van der Waals surface area (Å²) in [7, 11) is 0. The van der Waals surface area contributed by atoms with Crippen molar-refractivity contribution < 1.29 is 29.2 Å². The number of hydrogen-bond acceptors (Lipinski definition) is 11. The Bertz CT molecular complexity index is 1490. The van der Waals surface area contributed by atoms with E-state index in [1.807, 2.05) is 0 Å². The number of carbonyl (C=O) groups is 1. The van der Waals surface area contributed by atoms with Crippen LogP contribution in [0.5, 0.6) is 11.9 Å². The van der Waals surface area contributed by atoms with Gasteiger partial charge < -0.3 is 24.5 Å². The highest BCUT2D eigenvalue weighted by Gasteiger charge is 2.17. The molecule has 2 aromatic heterocycles. The Labute approximate surface area is 226 Å². The van der Waals surface area contributed by atoms with Crippen LogP contribution >= 0.6 is 0 Å². The smallest absolute Gasteiger partial charge is 0.321 e. The van der Waals surface area contributed by atoms with Crippen LogP contribution in [0, 0.1) is 20.2 Å². The SMILES string of the molecule is O=C(Cn1cnc2c(OCCc3ccc([N+](=O)[O-])cc3)nc(OCCc3ccc([N+](=O)[O-])cc3)nc21)NCCO. The number of hydrogen-bond donors (Lipinski definition) is 2. The molecular formula is C25H25N7O8. The molecule has 0 spiro atoms. The van der Waals surface area contributed by atoms with Crippen molar-refractivity contribution in [3.05, 3.63) is 86.2 Å². The minimum absolute atomic E-state index is 0.00809. The number of fused-ring (bicyclic) bond motifs is 1. The van der Waals surface area contributed by atoms with Crippen LogP contribution in [0.1, 0.15) is 11.1 Å². The zero-order valence-electron chi connectivity index (χ0n) is 21.1. The number of rotatable bonds is 14. The average molecular weight is 552 g/mol. The highest BCUT2D eigenvalue weighted by atomic mass is 16.6. The number of carbonyl (C=O) groups excluding carboxylic acids is 1. The lowest BCUT2D eigenvalue weighted by Crippen LogP contribution is -2.29. The van der Waals surface area contributed by atoms with Crippen LogP contribution in [0.15, 0.2) is 54.9 Å². The van der Waals surface area contributed by atoms with Gasteiger partial charge in [-0.2, -0.15) is 9.97 Å². The van der Waals surface area contributed by atoms with Crippen molar-refractivity contribution in [2.45, 2.75) is 19.4 Å². The minimum Gasteiger partial charge on any atom is -0.476 e. The Morgan fingerprint density at radius 1 is 0.900 bits per heavy atom. The van der Waals surface area contributed by atoms with Gasteiger partial charge in [0.15, 0.2) is 11.2 Å². The Hall–Kier alpha value is -5.18. The van der Waals surface area contributed by atoms with Crippen molar-refractivity contribution in [3.63, 3.8) is 0 Å². The summed E-state index contributed by atoms with van der Waals surface area (Å²) in [6.07, 6.45) is 2.28. The standard InChI is InChI=1S/C25H25N7O8/c33-12-11-26-21(34)15-30-16-27-22-23(30)28-25(40-14-10-18-3-7-20(8-4-18)32(37)38)29-24(22)39-13-9-17-1-5-19(6-2-17)31(35)36/h1-8,16,33H,9-15H2,(H,26,34). The van der Waals surface area contributed by atoms with Gasteiger partial charge in [-0.25, -0.2) is 4.98 Å². The van der Waals surface area contributed by atoms with Gasteiger partial charge in [0.2, 0.25) is 11.8 Å². The number of aliphatic hydroxyl groups excluding tert-OH is 1. The first-order valence-corrected chi connectivity index (χ1v) is 12.2. The van der Waals surface area contributed by atoms with E-state index in [9.17, 15) is 25.0 Å². The van der Waals surface area contributed by atoms with Crippen LogP contribution < -0.4 is 14.8 Å². The van der Waals surface area contributed by atoms with Crippen molar-refractivity contribution in [2.75, 3.05) is 26.4 Å². The van der Waals surface area contributed by atoms with E-state index in [1.165, 1.54) is 35.2 Å². The van der Waals surface area contributed by atoms with E-state index >= 15 is 0 Å². The number of ether oxygens (including phenoxy) is 2. The van der Waals surface area contributed by atoms with Gasteiger partial charge in [-0.05, 0) is 11.1 Å². The number of amides is 1. The van der Waals surface area contributed by atoms with Crippen LogP contribution in [0.2, 0.25) is 0 Å². The molecule has 15 heteroatoms. The van der Waals surface area contributed by atoms with Crippen LogP contribution in [0.4, 0.5) is 11.4 Å². The van der Waals surface area contributed by atoms with Crippen molar-refractivity contribution in [2.24, 2.45) is 0 Å². The number of nitrogens with one attached hydrogen (secondary N) is 1. The number of benzene rings is 2. The number of aromatic nitrogens is 4. The molecule has 40 heavy (non-hydrogen) atoms. The summed E-state index contributed by atoms with van der Waals surface area (Å²) in [5.41, 5.74) is 2.22. The van der Waals surface area contributed by atoms with Gasteiger partial charge >= 0.3 is 6.01 Å². The third-order valence-corrected chi connectivity index (χ3v) is 5.71. The monoisotopic (exact) mass is 551 g/mol. The van der Waals surface area contributed by atoms with E-state index in [1.54, 1.807) is 24.3 Å². The van der Waals surface area contributed by atoms with Crippen molar-refractivity contribution >= 4 is 28.4 Å². The van der Waals surface area contributed by atoms with Crippen molar-refractivity contribution in [1.82, 2.24) is 24.8 Å². The lowest BCUT2D eigenvalue weighted by Gasteiger charge is -2.10. The topological polar surface area (TPSA) is 198 Å². The van der Waals surface area contributed by atoms with Crippen LogP contribution in [-0.4, -0.2) is 66.7 Å². The van der Waals surface area contributed by atoms with Gasteiger partial charge in [-0.3, -0.25) is 25.0 Å². The fraction of sp³-hybridized carbons (Fsp3) is 0.280. The Kier molecular flexibility index (Phi) is 9.09. The predicted molar refractivity (Wildman–Crippen MR) is 140 cm³/mol. The molecule has 208 valence electrons. The van der Waals surface area contributed by atoms with Crippen molar-refractivity contribution in [3.8, 4) is 11.9 Å². The predicted octanol–water partition coefficient (Wildman–Crippen LogP) is 1.99. The second-order valence-electron chi connectivity index (χ2n) is 8.47. The van der Waals surface area contributed by atoms with Crippen LogP contribution in [0.3, 0.4) is 0 Å². The Morgan fingerprint density at radius 2 is 1.48 bits per heavy atom. The number of non-ortho nitro benzene ring substituents is 2. The molecule has 0 bridgehead atoms. The molecule has 0 atom stereocenters. The number of nitro benzene ring substituents is 2. The van der Waals surface area contributed by atoms with E-state index in [-0.39, 0.29) is 62.1 Å². The maximum absolute atomic E-state index is 12.2. The number of imidazole rings is 1. The van der Waals surface area contributed by atoms with Gasteiger partial charge in [0.05, 0.1) is 36.0 Å². The second kappa shape index (κ2) is 13.1. The molecule has 0 saturated carbocycles. The molecule has 0 aliphatic rings. The molecular weight excluding hydrogens is 526 g/mol. The Balaban J connectivity index is 1.49.